The standard InChI is InChI=1S/C24H37N3O7S/c1-4-35(29,30)26-21-12-16(2)27-22(21)15-34-18-8-6-17(7-9-18)20-13-19(31-3)14-23(25-20)32-10-5-11-33-24(27)28/h13-14,16-18,21-22,26H,4-12,15H2,1-3H3/t16-,17?,18?,21+,22+/m1/s1. The second-order valence-corrected chi connectivity index (χ2v) is 11.6. The van der Waals surface area contributed by atoms with Gasteiger partial charge in [-0.2, -0.15) is 0 Å². The monoisotopic (exact) mass is 511 g/mol. The number of ether oxygens (including phenoxy) is 4. The second-order valence-electron chi connectivity index (χ2n) is 9.58. The number of carbonyl (C=O) groups is 1. The third kappa shape index (κ3) is 6.37. The highest BCUT2D eigenvalue weighted by molar-refractivity contribution is 7.89. The van der Waals surface area contributed by atoms with Gasteiger partial charge in [0.2, 0.25) is 15.9 Å². The van der Waals surface area contributed by atoms with Crippen molar-refractivity contribution in [1.29, 1.82) is 0 Å². The molecule has 0 aromatic carbocycles. The van der Waals surface area contributed by atoms with E-state index in [1.54, 1.807) is 25.0 Å². The smallest absolute Gasteiger partial charge is 0.410 e. The lowest BCUT2D eigenvalue weighted by molar-refractivity contribution is -0.0107. The molecule has 1 aromatic heterocycles. The van der Waals surface area contributed by atoms with Gasteiger partial charge in [-0.1, -0.05) is 0 Å². The summed E-state index contributed by atoms with van der Waals surface area (Å²) in [6.07, 6.45) is 4.16. The maximum absolute atomic E-state index is 13.0. The molecule has 1 saturated carbocycles. The van der Waals surface area contributed by atoms with E-state index in [1.165, 1.54) is 0 Å². The van der Waals surface area contributed by atoms with Crippen molar-refractivity contribution in [1.82, 2.24) is 14.6 Å². The van der Waals surface area contributed by atoms with Crippen LogP contribution in [0, 0.1) is 0 Å². The lowest BCUT2D eigenvalue weighted by Gasteiger charge is -2.33. The number of nitrogens with one attached hydrogen (secondary N) is 1. The minimum Gasteiger partial charge on any atom is -0.496 e. The van der Waals surface area contributed by atoms with Gasteiger partial charge >= 0.3 is 6.09 Å². The first-order chi connectivity index (χ1) is 16.8. The molecule has 4 heterocycles. The summed E-state index contributed by atoms with van der Waals surface area (Å²) in [7, 11) is -1.80. The van der Waals surface area contributed by atoms with Gasteiger partial charge in [-0.3, -0.25) is 4.90 Å². The van der Waals surface area contributed by atoms with Crippen LogP contribution in [0.15, 0.2) is 12.1 Å². The first kappa shape index (κ1) is 26.0. The van der Waals surface area contributed by atoms with Gasteiger partial charge in [0.15, 0.2) is 0 Å². The summed E-state index contributed by atoms with van der Waals surface area (Å²) in [4.78, 5) is 19.4. The molecule has 0 unspecified atom stereocenters. The number of amides is 1. The highest BCUT2D eigenvalue weighted by Crippen LogP contribution is 2.36. The molecule has 0 spiro atoms. The Balaban J connectivity index is 1.53. The summed E-state index contributed by atoms with van der Waals surface area (Å²) in [5, 5.41) is 0. The Kier molecular flexibility index (Phi) is 8.38. The molecular weight excluding hydrogens is 474 g/mol. The molecule has 196 valence electrons. The number of hydrogen-bond donors (Lipinski definition) is 1. The van der Waals surface area contributed by atoms with Crippen molar-refractivity contribution >= 4 is 16.1 Å². The Morgan fingerprint density at radius 1 is 1.17 bits per heavy atom. The van der Waals surface area contributed by atoms with Crippen LogP contribution in [-0.4, -0.2) is 81.3 Å². The van der Waals surface area contributed by atoms with Gasteiger partial charge in [0, 0.05) is 36.6 Å². The third-order valence-corrected chi connectivity index (χ3v) is 8.63. The van der Waals surface area contributed by atoms with Crippen LogP contribution >= 0.6 is 0 Å². The molecule has 1 saturated heterocycles. The minimum absolute atomic E-state index is 0.0144. The largest absolute Gasteiger partial charge is 0.496 e. The maximum Gasteiger partial charge on any atom is 0.410 e. The normalized spacial score (nSPS) is 30.2. The second kappa shape index (κ2) is 11.3. The van der Waals surface area contributed by atoms with E-state index in [2.05, 4.69) is 4.72 Å². The van der Waals surface area contributed by atoms with Crippen LogP contribution in [0.1, 0.15) is 64.0 Å². The highest BCUT2D eigenvalue weighted by atomic mass is 32.2. The van der Waals surface area contributed by atoms with Gasteiger partial charge in [0.25, 0.3) is 0 Å². The summed E-state index contributed by atoms with van der Waals surface area (Å²) in [5.41, 5.74) is 0.957. The first-order valence-electron chi connectivity index (χ1n) is 12.5. The van der Waals surface area contributed by atoms with Gasteiger partial charge in [0.05, 0.1) is 50.5 Å². The fourth-order valence-corrected chi connectivity index (χ4v) is 6.12. The number of sulfonamides is 1. The SMILES string of the molecule is CCS(=O)(=O)N[C@H]1C[C@@H](C)N2C(=O)OCCCOc3cc(OC)cc(n3)C3CCC(CC3)OC[C@@H]12. The van der Waals surface area contributed by atoms with Crippen molar-refractivity contribution in [3.8, 4) is 11.6 Å². The van der Waals surface area contributed by atoms with Crippen LogP contribution in [0.2, 0.25) is 0 Å². The van der Waals surface area contributed by atoms with E-state index in [4.69, 9.17) is 23.9 Å². The molecule has 4 bridgehead atoms. The first-order valence-corrected chi connectivity index (χ1v) is 14.2. The van der Waals surface area contributed by atoms with Crippen molar-refractivity contribution in [3.05, 3.63) is 17.8 Å². The molecule has 1 aliphatic carbocycles. The van der Waals surface area contributed by atoms with Crippen molar-refractivity contribution in [2.24, 2.45) is 0 Å². The number of hydrogen-bond acceptors (Lipinski definition) is 8. The van der Waals surface area contributed by atoms with Crippen LogP contribution < -0.4 is 14.2 Å². The molecule has 0 radical (unpaired) electrons. The molecule has 10 nitrogen and oxygen atoms in total. The Morgan fingerprint density at radius 2 is 1.91 bits per heavy atom. The number of nitrogens with zero attached hydrogens (tertiary/aromatic N) is 2. The molecule has 3 aliphatic heterocycles. The number of pyridine rings is 1. The van der Waals surface area contributed by atoms with Gasteiger partial charge < -0.3 is 18.9 Å². The fourth-order valence-electron chi connectivity index (χ4n) is 5.24. The van der Waals surface area contributed by atoms with E-state index in [0.29, 0.717) is 37.0 Å². The van der Waals surface area contributed by atoms with Crippen molar-refractivity contribution < 1.29 is 32.2 Å². The zero-order valence-corrected chi connectivity index (χ0v) is 21.6. The van der Waals surface area contributed by atoms with Crippen LogP contribution in [0.3, 0.4) is 0 Å². The molecular formula is C24H37N3O7S. The summed E-state index contributed by atoms with van der Waals surface area (Å²) in [6, 6.07) is 2.73. The van der Waals surface area contributed by atoms with Crippen molar-refractivity contribution in [2.75, 3.05) is 32.7 Å². The summed E-state index contributed by atoms with van der Waals surface area (Å²) >= 11 is 0. The van der Waals surface area contributed by atoms with E-state index in [9.17, 15) is 13.2 Å². The molecule has 1 aromatic rings. The van der Waals surface area contributed by atoms with Crippen molar-refractivity contribution in [3.63, 3.8) is 0 Å². The van der Waals surface area contributed by atoms with E-state index < -0.39 is 28.2 Å². The minimum atomic E-state index is -3.43. The molecule has 1 N–H and O–H groups in total. The van der Waals surface area contributed by atoms with E-state index >= 15 is 0 Å². The Bertz CT molecular complexity index is 981. The summed E-state index contributed by atoms with van der Waals surface area (Å²) in [6.45, 7) is 4.31. The zero-order valence-electron chi connectivity index (χ0n) is 20.8. The predicted molar refractivity (Wildman–Crippen MR) is 129 cm³/mol. The van der Waals surface area contributed by atoms with Crippen LogP contribution in [0.25, 0.3) is 0 Å². The molecule has 2 fully saturated rings. The molecule has 3 atom stereocenters. The Labute approximate surface area is 207 Å². The Hall–Kier alpha value is -2.11. The topological polar surface area (TPSA) is 116 Å². The molecule has 4 aliphatic rings. The number of carbonyl (C=O) groups excluding carboxylic acids is 1. The van der Waals surface area contributed by atoms with Crippen LogP contribution in [0.5, 0.6) is 11.6 Å². The predicted octanol–water partition coefficient (Wildman–Crippen LogP) is 2.82. The average Bonchev–Trinajstić information content (AvgIpc) is 3.15. The van der Waals surface area contributed by atoms with Crippen LogP contribution in [-0.2, 0) is 19.5 Å². The van der Waals surface area contributed by atoms with Gasteiger partial charge in [-0.25, -0.2) is 22.9 Å². The zero-order chi connectivity index (χ0) is 25.0. The summed E-state index contributed by atoms with van der Waals surface area (Å²) in [5.74, 6) is 1.50. The van der Waals surface area contributed by atoms with E-state index in [0.717, 1.165) is 31.4 Å². The van der Waals surface area contributed by atoms with Crippen LogP contribution in [0.4, 0.5) is 4.79 Å². The Morgan fingerprint density at radius 3 is 2.63 bits per heavy atom. The van der Waals surface area contributed by atoms with E-state index in [1.807, 2.05) is 13.0 Å². The average molecular weight is 512 g/mol. The number of aromatic nitrogens is 1. The van der Waals surface area contributed by atoms with E-state index in [-0.39, 0.29) is 31.1 Å². The number of rotatable bonds is 4. The maximum atomic E-state index is 13.0. The molecule has 1 amide bonds. The number of methoxy groups -OCH3 is 1. The lowest BCUT2D eigenvalue weighted by Crippen LogP contribution is -2.51. The third-order valence-electron chi connectivity index (χ3n) is 7.20. The quantitative estimate of drug-likeness (QED) is 0.656. The number of fused-ring (bicyclic) bond motifs is 8. The molecule has 35 heavy (non-hydrogen) atoms. The van der Waals surface area contributed by atoms with Crippen molar-refractivity contribution in [2.45, 2.75) is 82.5 Å². The molecule has 5 rings (SSSR count). The highest BCUT2D eigenvalue weighted by Gasteiger charge is 2.44. The van der Waals surface area contributed by atoms with Gasteiger partial charge in [-0.15, -0.1) is 0 Å². The van der Waals surface area contributed by atoms with Gasteiger partial charge in [-0.05, 0) is 46.0 Å². The lowest BCUT2D eigenvalue weighted by atomic mass is 9.85. The molecule has 11 heteroatoms. The summed E-state index contributed by atoms with van der Waals surface area (Å²) < 4.78 is 50.5. The van der Waals surface area contributed by atoms with Gasteiger partial charge in [0.1, 0.15) is 5.75 Å². The fraction of sp³-hybridized carbons (Fsp3) is 0.750.